The monoisotopic (exact) mass is 103 g/mol. The normalized spacial score (nSPS) is 10.0. The Hall–Kier alpha value is 0.350. The van der Waals surface area contributed by atoms with Gasteiger partial charge in [-0.05, 0) is 5.25 Å². The van der Waals surface area contributed by atoms with E-state index in [0.29, 0.717) is 0 Å². The largest absolute Gasteiger partial charge is 0.155 e. The molecule has 0 nitrogen and oxygen atoms in total. The van der Waals surface area contributed by atoms with Gasteiger partial charge in [-0.2, -0.15) is 11.8 Å². The molecule has 0 rings (SSSR count). The molecule has 0 atom stereocenters. The Labute approximate surface area is 44.3 Å². The zero-order valence-electron chi connectivity index (χ0n) is 4.56. The molecule has 0 N–H and O–H groups in total. The molecule has 0 saturated carbocycles. The van der Waals surface area contributed by atoms with E-state index in [-0.39, 0.29) is 0 Å². The van der Waals surface area contributed by atoms with Gasteiger partial charge >= 0.3 is 0 Å². The first-order chi connectivity index (χ1) is 2.77. The van der Waals surface area contributed by atoms with E-state index in [1.54, 1.807) is 0 Å². The van der Waals surface area contributed by atoms with E-state index in [9.17, 15) is 0 Å². The first-order valence-corrected chi connectivity index (χ1v) is 3.15. The van der Waals surface area contributed by atoms with E-state index in [1.165, 1.54) is 0 Å². The van der Waals surface area contributed by atoms with Gasteiger partial charge in [-0.3, -0.25) is 0 Å². The second kappa shape index (κ2) is 3.54. The fraction of sp³-hybridized carbons (Fsp3) is 0.800. The number of hydrogen-bond donors (Lipinski definition) is 0. The highest BCUT2D eigenvalue weighted by atomic mass is 32.2. The van der Waals surface area contributed by atoms with Gasteiger partial charge in [0.1, 0.15) is 0 Å². The van der Waals surface area contributed by atoms with Crippen LogP contribution in [0, 0.1) is 5.75 Å². The molecule has 0 amide bonds. The van der Waals surface area contributed by atoms with E-state index < -0.39 is 0 Å². The van der Waals surface area contributed by atoms with E-state index >= 15 is 0 Å². The molecule has 6 heavy (non-hydrogen) atoms. The van der Waals surface area contributed by atoms with Crippen molar-refractivity contribution in [2.24, 2.45) is 0 Å². The summed E-state index contributed by atoms with van der Waals surface area (Å²) in [5.74, 6) is 2.12. The van der Waals surface area contributed by atoms with Gasteiger partial charge in [0.05, 0.1) is 0 Å². The summed E-state index contributed by atoms with van der Waals surface area (Å²) in [6.45, 7) is 6.43. The zero-order chi connectivity index (χ0) is 4.99. The Kier molecular flexibility index (Phi) is 3.74. The molecule has 0 aliphatic carbocycles. The van der Waals surface area contributed by atoms with Gasteiger partial charge in [0.2, 0.25) is 0 Å². The van der Waals surface area contributed by atoms with Crippen LogP contribution in [0.1, 0.15) is 20.8 Å². The summed E-state index contributed by atoms with van der Waals surface area (Å²) in [7, 11) is 0. The van der Waals surface area contributed by atoms with Crippen molar-refractivity contribution in [3.63, 3.8) is 0 Å². The van der Waals surface area contributed by atoms with Gasteiger partial charge in [0.25, 0.3) is 0 Å². The van der Waals surface area contributed by atoms with Crippen molar-refractivity contribution in [1.29, 1.82) is 0 Å². The van der Waals surface area contributed by atoms with Gasteiger partial charge in [0.15, 0.2) is 0 Å². The van der Waals surface area contributed by atoms with Crippen LogP contribution in [0.5, 0.6) is 0 Å². The van der Waals surface area contributed by atoms with Crippen molar-refractivity contribution in [2.45, 2.75) is 26.0 Å². The minimum atomic E-state index is 0.759. The second-order valence-corrected chi connectivity index (χ2v) is 3.11. The highest BCUT2D eigenvalue weighted by molar-refractivity contribution is 8.01. The average molecular weight is 103 g/mol. The quantitative estimate of drug-likeness (QED) is 0.517. The summed E-state index contributed by atoms with van der Waals surface area (Å²) in [6.07, 6.45) is 0. The Balaban J connectivity index is 2.63. The van der Waals surface area contributed by atoms with Crippen LogP contribution < -0.4 is 0 Å². The van der Waals surface area contributed by atoms with E-state index in [2.05, 4.69) is 26.5 Å². The molecule has 0 bridgehead atoms. The number of thioether (sulfide) groups is 1. The van der Waals surface area contributed by atoms with Crippen molar-refractivity contribution < 1.29 is 0 Å². The molecule has 0 aliphatic rings. The fourth-order valence-electron chi connectivity index (χ4n) is 0.272. The molecule has 1 heteroatoms. The highest BCUT2D eigenvalue weighted by Gasteiger charge is 1.85. The van der Waals surface area contributed by atoms with Crippen molar-refractivity contribution >= 4 is 11.8 Å². The van der Waals surface area contributed by atoms with Crippen LogP contribution in [0.4, 0.5) is 0 Å². The third kappa shape index (κ3) is 4.35. The summed E-state index contributed by atoms with van der Waals surface area (Å²) < 4.78 is 0. The minimum Gasteiger partial charge on any atom is -0.155 e. The van der Waals surface area contributed by atoms with Crippen LogP contribution in [0.15, 0.2) is 0 Å². The molecule has 0 aromatic rings. The highest BCUT2D eigenvalue weighted by Crippen LogP contribution is 2.10. The Bertz CT molecular complexity index is 25.1. The first-order valence-electron chi connectivity index (χ1n) is 2.20. The summed E-state index contributed by atoms with van der Waals surface area (Å²) in [5, 5.41) is 0.759. The maximum atomic E-state index is 2.19. The third-order valence-electron chi connectivity index (χ3n) is 0.408. The molecule has 0 fully saturated rings. The fourth-order valence-corrected chi connectivity index (χ4v) is 0.816. The Morgan fingerprint density at radius 2 is 2.00 bits per heavy atom. The van der Waals surface area contributed by atoms with Crippen molar-refractivity contribution in [3.8, 4) is 0 Å². The summed E-state index contributed by atoms with van der Waals surface area (Å²) >= 11 is 1.86. The van der Waals surface area contributed by atoms with E-state index in [0.717, 1.165) is 5.25 Å². The second-order valence-electron chi connectivity index (χ2n) is 1.42. The van der Waals surface area contributed by atoms with E-state index in [4.69, 9.17) is 0 Å². The molecule has 1 radical (unpaired) electrons. The molecule has 37 valence electrons. The summed E-state index contributed by atoms with van der Waals surface area (Å²) in [4.78, 5) is 0. The van der Waals surface area contributed by atoms with Crippen LogP contribution >= 0.6 is 11.8 Å². The summed E-state index contributed by atoms with van der Waals surface area (Å²) in [5.41, 5.74) is 0. The lowest BCUT2D eigenvalue weighted by Gasteiger charge is -1.95. The Morgan fingerprint density at radius 1 is 1.50 bits per heavy atom. The van der Waals surface area contributed by atoms with Crippen molar-refractivity contribution in [3.05, 3.63) is 5.75 Å². The molecule has 0 aromatic carbocycles. The molecule has 0 saturated heterocycles. The van der Waals surface area contributed by atoms with Crippen molar-refractivity contribution in [2.75, 3.05) is 0 Å². The first kappa shape index (κ1) is 6.35. The van der Waals surface area contributed by atoms with Crippen LogP contribution in [0.3, 0.4) is 0 Å². The molecular formula is C5H11S. The lowest BCUT2D eigenvalue weighted by molar-refractivity contribution is 1.12. The van der Waals surface area contributed by atoms with Gasteiger partial charge < -0.3 is 0 Å². The van der Waals surface area contributed by atoms with Gasteiger partial charge in [-0.15, -0.1) is 0 Å². The molecule has 0 unspecified atom stereocenters. The standard InChI is InChI=1S/C5H11S/c1-4-6-5(2)3/h4-5H,1-3H3. The lowest BCUT2D eigenvalue weighted by atomic mass is 10.6. The zero-order valence-corrected chi connectivity index (χ0v) is 5.38. The van der Waals surface area contributed by atoms with Gasteiger partial charge in [-0.1, -0.05) is 20.8 Å². The number of hydrogen-bond acceptors (Lipinski definition) is 1. The molecule has 0 heterocycles. The maximum absolute atomic E-state index is 2.19. The lowest BCUT2D eigenvalue weighted by Crippen LogP contribution is -1.81. The average Bonchev–Trinajstić information content (AvgIpc) is 1.35. The third-order valence-corrected chi connectivity index (χ3v) is 1.22. The smallest absolute Gasteiger partial charge is 0.0138 e. The SMILES string of the molecule is C[CH]SC(C)C. The number of rotatable bonds is 2. The van der Waals surface area contributed by atoms with Crippen LogP contribution in [0.2, 0.25) is 0 Å². The predicted molar refractivity (Wildman–Crippen MR) is 32.7 cm³/mol. The summed E-state index contributed by atoms with van der Waals surface area (Å²) in [6, 6.07) is 0. The Morgan fingerprint density at radius 3 is 2.00 bits per heavy atom. The molecular weight excluding hydrogens is 92.1 g/mol. The van der Waals surface area contributed by atoms with Gasteiger partial charge in [0, 0.05) is 5.75 Å². The maximum Gasteiger partial charge on any atom is 0.0138 e. The van der Waals surface area contributed by atoms with Crippen LogP contribution in [-0.4, -0.2) is 5.25 Å². The van der Waals surface area contributed by atoms with Crippen molar-refractivity contribution in [1.82, 2.24) is 0 Å². The minimum absolute atomic E-state index is 0.759. The van der Waals surface area contributed by atoms with Crippen LogP contribution in [-0.2, 0) is 0 Å². The van der Waals surface area contributed by atoms with E-state index in [1.807, 2.05) is 11.8 Å². The van der Waals surface area contributed by atoms with Crippen LogP contribution in [0.25, 0.3) is 0 Å². The topological polar surface area (TPSA) is 0 Å². The van der Waals surface area contributed by atoms with Gasteiger partial charge in [-0.25, -0.2) is 0 Å². The molecule has 0 aromatic heterocycles. The molecule has 0 aliphatic heterocycles. The molecule has 0 spiro atoms. The predicted octanol–water partition coefficient (Wildman–Crippen LogP) is 2.31.